The molecule has 0 fully saturated rings. The van der Waals surface area contributed by atoms with E-state index in [1.807, 2.05) is 39.8 Å². The summed E-state index contributed by atoms with van der Waals surface area (Å²) in [6, 6.07) is 3.82. The monoisotopic (exact) mass is 243 g/mol. The molecule has 0 saturated carbocycles. The third-order valence-corrected chi connectivity index (χ3v) is 2.95. The van der Waals surface area contributed by atoms with Crippen molar-refractivity contribution in [2.75, 3.05) is 5.73 Å². The van der Waals surface area contributed by atoms with Crippen molar-refractivity contribution in [2.45, 2.75) is 27.7 Å². The molecule has 0 aliphatic heterocycles. The van der Waals surface area contributed by atoms with E-state index in [4.69, 9.17) is 10.5 Å². The normalized spacial score (nSPS) is 10.4. The van der Waals surface area contributed by atoms with Gasteiger partial charge in [-0.25, -0.2) is 4.98 Å². The standard InChI is InChI=1S/C14H17N3O/c1-8-5-9(2)13(6-12(8)15)18-14-7-16-10(3)11(4)17-14/h5-7H,15H2,1-4H3. The number of nitrogens with two attached hydrogens (primary N) is 1. The van der Waals surface area contributed by atoms with Crippen LogP contribution in [0.5, 0.6) is 11.6 Å². The molecule has 2 N–H and O–H groups in total. The van der Waals surface area contributed by atoms with Crippen LogP contribution < -0.4 is 10.5 Å². The van der Waals surface area contributed by atoms with Gasteiger partial charge in [-0.3, -0.25) is 4.98 Å². The Balaban J connectivity index is 2.34. The molecular formula is C14H17N3O. The molecule has 1 heterocycles. The maximum Gasteiger partial charge on any atom is 0.238 e. The summed E-state index contributed by atoms with van der Waals surface area (Å²) in [6.07, 6.45) is 1.62. The van der Waals surface area contributed by atoms with Crippen LogP contribution in [-0.4, -0.2) is 9.97 Å². The van der Waals surface area contributed by atoms with Crippen molar-refractivity contribution in [3.8, 4) is 11.6 Å². The number of anilines is 1. The highest BCUT2D eigenvalue weighted by Crippen LogP contribution is 2.28. The lowest BCUT2D eigenvalue weighted by Crippen LogP contribution is -1.98. The SMILES string of the molecule is Cc1cc(C)c(Oc2cnc(C)c(C)n2)cc1N. The van der Waals surface area contributed by atoms with Crippen molar-refractivity contribution >= 4 is 5.69 Å². The number of hydrogen-bond acceptors (Lipinski definition) is 4. The van der Waals surface area contributed by atoms with E-state index in [0.29, 0.717) is 11.6 Å². The Morgan fingerprint density at radius 2 is 1.72 bits per heavy atom. The second kappa shape index (κ2) is 4.64. The van der Waals surface area contributed by atoms with Gasteiger partial charge in [-0.05, 0) is 38.8 Å². The molecule has 0 amide bonds. The highest BCUT2D eigenvalue weighted by molar-refractivity contribution is 5.54. The van der Waals surface area contributed by atoms with E-state index < -0.39 is 0 Å². The molecule has 0 atom stereocenters. The number of benzene rings is 1. The first kappa shape index (κ1) is 12.4. The molecule has 94 valence electrons. The Kier molecular flexibility index (Phi) is 3.19. The van der Waals surface area contributed by atoms with Gasteiger partial charge in [-0.2, -0.15) is 0 Å². The van der Waals surface area contributed by atoms with Crippen molar-refractivity contribution in [1.82, 2.24) is 9.97 Å². The summed E-state index contributed by atoms with van der Waals surface area (Å²) >= 11 is 0. The number of hydrogen-bond donors (Lipinski definition) is 1. The largest absolute Gasteiger partial charge is 0.437 e. The van der Waals surface area contributed by atoms with Crippen molar-refractivity contribution < 1.29 is 4.74 Å². The minimum absolute atomic E-state index is 0.490. The van der Waals surface area contributed by atoms with Crippen LogP contribution in [0.3, 0.4) is 0 Å². The third kappa shape index (κ3) is 2.42. The van der Waals surface area contributed by atoms with E-state index in [2.05, 4.69) is 9.97 Å². The van der Waals surface area contributed by atoms with E-state index in [1.165, 1.54) is 0 Å². The summed E-state index contributed by atoms with van der Waals surface area (Å²) in [5, 5.41) is 0. The van der Waals surface area contributed by atoms with Crippen molar-refractivity contribution in [3.63, 3.8) is 0 Å². The molecule has 0 unspecified atom stereocenters. The lowest BCUT2D eigenvalue weighted by atomic mass is 10.1. The molecule has 1 aromatic carbocycles. The zero-order valence-corrected chi connectivity index (χ0v) is 11.1. The van der Waals surface area contributed by atoms with Gasteiger partial charge in [0.15, 0.2) is 0 Å². The van der Waals surface area contributed by atoms with Crippen LogP contribution >= 0.6 is 0 Å². The van der Waals surface area contributed by atoms with Crippen LogP contribution in [0.15, 0.2) is 18.3 Å². The van der Waals surface area contributed by atoms with Crippen LogP contribution in [0.1, 0.15) is 22.5 Å². The van der Waals surface area contributed by atoms with Gasteiger partial charge in [0.25, 0.3) is 0 Å². The van der Waals surface area contributed by atoms with Crippen LogP contribution in [0, 0.1) is 27.7 Å². The summed E-state index contributed by atoms with van der Waals surface area (Å²) in [5.41, 5.74) is 10.4. The first-order chi connectivity index (χ1) is 8.47. The summed E-state index contributed by atoms with van der Waals surface area (Å²) in [6.45, 7) is 7.78. The predicted molar refractivity (Wildman–Crippen MR) is 71.9 cm³/mol. The first-order valence-corrected chi connectivity index (χ1v) is 5.82. The highest BCUT2D eigenvalue weighted by atomic mass is 16.5. The van der Waals surface area contributed by atoms with E-state index in [9.17, 15) is 0 Å². The summed E-state index contributed by atoms with van der Waals surface area (Å²) < 4.78 is 5.73. The van der Waals surface area contributed by atoms with E-state index in [0.717, 1.165) is 28.3 Å². The first-order valence-electron chi connectivity index (χ1n) is 5.82. The number of rotatable bonds is 2. The molecule has 1 aromatic heterocycles. The highest BCUT2D eigenvalue weighted by Gasteiger charge is 2.07. The molecule has 0 spiro atoms. The molecule has 0 bridgehead atoms. The van der Waals surface area contributed by atoms with Gasteiger partial charge in [0, 0.05) is 11.8 Å². The van der Waals surface area contributed by atoms with Crippen LogP contribution in [-0.2, 0) is 0 Å². The molecule has 0 radical (unpaired) electrons. The van der Waals surface area contributed by atoms with Crippen LogP contribution in [0.25, 0.3) is 0 Å². The quantitative estimate of drug-likeness (QED) is 0.823. The minimum atomic E-state index is 0.490. The maximum atomic E-state index is 5.88. The second-order valence-corrected chi connectivity index (χ2v) is 4.46. The summed E-state index contributed by atoms with van der Waals surface area (Å²) in [5.74, 6) is 1.21. The Labute approximate surface area is 107 Å². The van der Waals surface area contributed by atoms with Gasteiger partial charge in [0.1, 0.15) is 5.75 Å². The molecule has 18 heavy (non-hydrogen) atoms. The number of ether oxygens (including phenoxy) is 1. The van der Waals surface area contributed by atoms with Crippen LogP contribution in [0.4, 0.5) is 5.69 Å². The Morgan fingerprint density at radius 1 is 1.00 bits per heavy atom. The van der Waals surface area contributed by atoms with Gasteiger partial charge in [-0.1, -0.05) is 6.07 Å². The average Bonchev–Trinajstić information content (AvgIpc) is 2.31. The van der Waals surface area contributed by atoms with Gasteiger partial charge in [0.05, 0.1) is 17.6 Å². The molecule has 0 aliphatic carbocycles. The molecule has 4 heteroatoms. The van der Waals surface area contributed by atoms with Crippen molar-refractivity contribution in [1.29, 1.82) is 0 Å². The summed E-state index contributed by atoms with van der Waals surface area (Å²) in [7, 11) is 0. The fraction of sp³-hybridized carbons (Fsp3) is 0.286. The van der Waals surface area contributed by atoms with Gasteiger partial charge in [0.2, 0.25) is 5.88 Å². The fourth-order valence-electron chi connectivity index (χ4n) is 1.64. The number of aryl methyl sites for hydroxylation is 4. The van der Waals surface area contributed by atoms with Crippen LogP contribution in [0.2, 0.25) is 0 Å². The Bertz CT molecular complexity index is 594. The number of nitrogen functional groups attached to an aromatic ring is 1. The molecule has 2 aromatic rings. The van der Waals surface area contributed by atoms with E-state index >= 15 is 0 Å². The second-order valence-electron chi connectivity index (χ2n) is 4.46. The maximum absolute atomic E-state index is 5.88. The number of nitrogens with zero attached hydrogens (tertiary/aromatic N) is 2. The molecule has 0 saturated heterocycles. The van der Waals surface area contributed by atoms with E-state index in [-0.39, 0.29) is 0 Å². The Hall–Kier alpha value is -2.10. The minimum Gasteiger partial charge on any atom is -0.437 e. The zero-order valence-electron chi connectivity index (χ0n) is 11.1. The smallest absolute Gasteiger partial charge is 0.238 e. The third-order valence-electron chi connectivity index (χ3n) is 2.95. The lowest BCUT2D eigenvalue weighted by Gasteiger charge is -2.11. The number of aromatic nitrogens is 2. The lowest BCUT2D eigenvalue weighted by molar-refractivity contribution is 0.455. The average molecular weight is 243 g/mol. The molecule has 4 nitrogen and oxygen atoms in total. The molecule has 2 rings (SSSR count). The topological polar surface area (TPSA) is 61.0 Å². The van der Waals surface area contributed by atoms with Gasteiger partial charge >= 0.3 is 0 Å². The fourth-order valence-corrected chi connectivity index (χ4v) is 1.64. The van der Waals surface area contributed by atoms with Crippen molar-refractivity contribution in [3.05, 3.63) is 40.8 Å². The summed E-state index contributed by atoms with van der Waals surface area (Å²) in [4.78, 5) is 8.56. The molecule has 0 aliphatic rings. The zero-order chi connectivity index (χ0) is 13.3. The molecular weight excluding hydrogens is 226 g/mol. The predicted octanol–water partition coefficient (Wildman–Crippen LogP) is 3.08. The van der Waals surface area contributed by atoms with Gasteiger partial charge in [-0.15, -0.1) is 0 Å². The van der Waals surface area contributed by atoms with Gasteiger partial charge < -0.3 is 10.5 Å². The van der Waals surface area contributed by atoms with E-state index in [1.54, 1.807) is 6.20 Å². The Morgan fingerprint density at radius 3 is 2.39 bits per heavy atom. The van der Waals surface area contributed by atoms with Crippen molar-refractivity contribution in [2.24, 2.45) is 0 Å².